The molecule has 0 aliphatic heterocycles. The molecule has 0 saturated heterocycles. The number of carbonyl (C=O) groups is 1. The number of hydrogen-bond donors (Lipinski definition) is 1. The summed E-state index contributed by atoms with van der Waals surface area (Å²) in [6, 6.07) is 10.2. The van der Waals surface area contributed by atoms with E-state index in [-0.39, 0.29) is 5.91 Å². The number of rotatable bonds is 9. The Balaban J connectivity index is 1.55. The van der Waals surface area contributed by atoms with Crippen LogP contribution in [-0.4, -0.2) is 33.3 Å². The lowest BCUT2D eigenvalue weighted by atomic mass is 10.1. The zero-order valence-electron chi connectivity index (χ0n) is 19.1. The Morgan fingerprint density at radius 3 is 2.54 bits per heavy atom. The number of benzene rings is 2. The van der Waals surface area contributed by atoms with Gasteiger partial charge in [0.15, 0.2) is 5.65 Å². The summed E-state index contributed by atoms with van der Waals surface area (Å²) in [4.78, 5) is 15.4. The number of halogens is 3. The second kappa shape index (κ2) is 10.1. The molecule has 0 radical (unpaired) electrons. The molecule has 2 aromatic heterocycles. The third-order valence-corrected chi connectivity index (χ3v) is 5.80. The fourth-order valence-electron chi connectivity index (χ4n) is 4.10. The van der Waals surface area contributed by atoms with Gasteiger partial charge in [0.25, 0.3) is 5.91 Å². The zero-order valence-corrected chi connectivity index (χ0v) is 19.1. The highest BCUT2D eigenvalue weighted by molar-refractivity contribution is 6.10. The average molecular weight is 483 g/mol. The third kappa shape index (κ3) is 5.25. The van der Waals surface area contributed by atoms with Gasteiger partial charge in [-0.15, -0.1) is 0 Å². The molecule has 4 aromatic rings. The van der Waals surface area contributed by atoms with Crippen LogP contribution >= 0.6 is 0 Å². The van der Waals surface area contributed by atoms with Gasteiger partial charge < -0.3 is 5.32 Å². The quantitative estimate of drug-likeness (QED) is 0.134. The molecule has 4 rings (SSSR count). The highest BCUT2D eigenvalue weighted by Crippen LogP contribution is 2.34. The first-order valence-corrected chi connectivity index (χ1v) is 11.2. The van der Waals surface area contributed by atoms with Gasteiger partial charge in [0.05, 0.1) is 11.1 Å². The minimum absolute atomic E-state index is 0.194. The van der Waals surface area contributed by atoms with Gasteiger partial charge in [-0.3, -0.25) is 14.0 Å². The van der Waals surface area contributed by atoms with Crippen LogP contribution in [0.4, 0.5) is 13.2 Å². The zero-order chi connectivity index (χ0) is 25.0. The minimum atomic E-state index is -4.41. The molecule has 0 bridgehead atoms. The predicted octanol–water partition coefficient (Wildman–Crippen LogP) is 6.14. The molecule has 2 heterocycles. The van der Waals surface area contributed by atoms with Crippen LogP contribution in [0, 0.1) is 0 Å². The largest absolute Gasteiger partial charge is 0.416 e. The van der Waals surface area contributed by atoms with Gasteiger partial charge in [-0.05, 0) is 60.8 Å². The average Bonchev–Trinajstić information content (AvgIpc) is 3.34. The summed E-state index contributed by atoms with van der Waals surface area (Å²) in [6.45, 7) is 1.02. The van der Waals surface area contributed by atoms with Gasteiger partial charge in [0, 0.05) is 53.3 Å². The first kappa shape index (κ1) is 24.2. The number of fused-ring (bicyclic) bond motifs is 3. The van der Waals surface area contributed by atoms with Crippen molar-refractivity contribution in [3.05, 3.63) is 70.2 Å². The van der Waals surface area contributed by atoms with Crippen molar-refractivity contribution in [3.8, 4) is 5.69 Å². The lowest BCUT2D eigenvalue weighted by Gasteiger charge is -2.10. The third-order valence-electron chi connectivity index (χ3n) is 5.80. The van der Waals surface area contributed by atoms with Crippen molar-refractivity contribution in [2.75, 3.05) is 13.1 Å². The number of azide groups is 1. The van der Waals surface area contributed by atoms with Crippen LogP contribution in [0.5, 0.6) is 0 Å². The van der Waals surface area contributed by atoms with Crippen LogP contribution in [0.25, 0.3) is 38.1 Å². The normalized spacial score (nSPS) is 11.7. The Morgan fingerprint density at radius 2 is 1.83 bits per heavy atom. The lowest BCUT2D eigenvalue weighted by Crippen LogP contribution is -2.24. The first-order chi connectivity index (χ1) is 16.8. The van der Waals surface area contributed by atoms with E-state index >= 15 is 0 Å². The lowest BCUT2D eigenvalue weighted by molar-refractivity contribution is -0.137. The number of nitrogens with one attached hydrogen (secondary N) is 1. The van der Waals surface area contributed by atoms with Gasteiger partial charge in [-0.2, -0.15) is 18.3 Å². The Hall–Kier alpha value is -3.98. The van der Waals surface area contributed by atoms with Crippen LogP contribution in [0.1, 0.15) is 41.6 Å². The highest BCUT2D eigenvalue weighted by atomic mass is 19.4. The molecule has 0 aliphatic rings. The molecule has 11 heteroatoms. The molecule has 182 valence electrons. The molecule has 0 saturated carbocycles. The van der Waals surface area contributed by atoms with E-state index < -0.39 is 11.7 Å². The fraction of sp³-hybridized carbons (Fsp3) is 0.333. The fourth-order valence-corrected chi connectivity index (χ4v) is 4.10. The van der Waals surface area contributed by atoms with Gasteiger partial charge in [0.1, 0.15) is 0 Å². The van der Waals surface area contributed by atoms with E-state index in [9.17, 15) is 18.0 Å². The van der Waals surface area contributed by atoms with Crippen molar-refractivity contribution in [3.63, 3.8) is 0 Å². The minimum Gasteiger partial charge on any atom is -0.352 e. The monoisotopic (exact) mass is 483 g/mol. The summed E-state index contributed by atoms with van der Waals surface area (Å²) in [5, 5.41) is 12.5. The summed E-state index contributed by atoms with van der Waals surface area (Å²) >= 11 is 0. The summed E-state index contributed by atoms with van der Waals surface area (Å²) in [5.41, 5.74) is 9.94. The number of carbonyl (C=O) groups excluding carboxylic acids is 1. The smallest absolute Gasteiger partial charge is 0.352 e. The molecule has 0 fully saturated rings. The molecule has 0 unspecified atom stereocenters. The van der Waals surface area contributed by atoms with Gasteiger partial charge >= 0.3 is 6.18 Å². The maximum absolute atomic E-state index is 13.0. The summed E-state index contributed by atoms with van der Waals surface area (Å²) in [6.07, 6.45) is 0.916. The summed E-state index contributed by atoms with van der Waals surface area (Å²) < 4.78 is 42.5. The number of nitrogens with zero attached hydrogens (tertiary/aromatic N) is 6. The Kier molecular flexibility index (Phi) is 6.97. The molecule has 1 amide bonds. The van der Waals surface area contributed by atoms with Crippen molar-refractivity contribution in [1.82, 2.24) is 19.7 Å². The predicted molar refractivity (Wildman–Crippen MR) is 127 cm³/mol. The summed E-state index contributed by atoms with van der Waals surface area (Å²) in [7, 11) is 1.77. The Labute approximate surface area is 199 Å². The van der Waals surface area contributed by atoms with E-state index in [2.05, 4.69) is 20.4 Å². The van der Waals surface area contributed by atoms with Crippen LogP contribution in [0.3, 0.4) is 0 Å². The topological polar surface area (TPSA) is 101 Å². The SMILES string of the molecule is Cn1cc2c3cc(C(=O)NCCCCCCN=[N+]=[N-])ccc3n(-c3ccc(C(F)(F)F)cc3)c2n1. The number of hydrogen-bond acceptors (Lipinski definition) is 3. The molecule has 0 atom stereocenters. The molecule has 2 aromatic carbocycles. The van der Waals surface area contributed by atoms with E-state index in [1.807, 2.05) is 6.20 Å². The number of aryl methyl sites for hydroxylation is 1. The second-order valence-corrected chi connectivity index (χ2v) is 8.28. The van der Waals surface area contributed by atoms with Gasteiger partial charge in [0.2, 0.25) is 0 Å². The van der Waals surface area contributed by atoms with Crippen LogP contribution in [0.15, 0.2) is 53.8 Å². The number of aromatic nitrogens is 3. The summed E-state index contributed by atoms with van der Waals surface area (Å²) in [5.74, 6) is -0.194. The van der Waals surface area contributed by atoms with E-state index in [1.165, 1.54) is 12.1 Å². The first-order valence-electron chi connectivity index (χ1n) is 11.2. The van der Waals surface area contributed by atoms with E-state index in [0.29, 0.717) is 30.0 Å². The Morgan fingerprint density at radius 1 is 1.09 bits per heavy atom. The number of alkyl halides is 3. The molecule has 0 aliphatic carbocycles. The van der Waals surface area contributed by atoms with E-state index in [0.717, 1.165) is 54.1 Å². The maximum Gasteiger partial charge on any atom is 0.416 e. The molecular weight excluding hydrogens is 459 g/mol. The Bertz CT molecular complexity index is 1400. The second-order valence-electron chi connectivity index (χ2n) is 8.28. The van der Waals surface area contributed by atoms with E-state index in [1.54, 1.807) is 34.5 Å². The van der Waals surface area contributed by atoms with Crippen LogP contribution < -0.4 is 5.32 Å². The number of amides is 1. The standard InChI is InChI=1S/C24H24F3N7O/c1-33-15-20-19-14-16(23(35)29-12-4-2-3-5-13-30-32-28)6-11-21(19)34(22(20)31-33)18-9-7-17(8-10-18)24(25,26)27/h6-11,14-15H,2-5,12-13H2,1H3,(H,29,35). The van der Waals surface area contributed by atoms with Crippen molar-refractivity contribution < 1.29 is 18.0 Å². The van der Waals surface area contributed by atoms with E-state index in [4.69, 9.17) is 5.53 Å². The number of unbranched alkanes of at least 4 members (excludes halogenated alkanes) is 3. The van der Waals surface area contributed by atoms with Crippen molar-refractivity contribution >= 4 is 27.8 Å². The molecule has 35 heavy (non-hydrogen) atoms. The van der Waals surface area contributed by atoms with Gasteiger partial charge in [-0.25, -0.2) is 0 Å². The molecule has 1 N–H and O–H groups in total. The maximum atomic E-state index is 13.0. The highest BCUT2D eigenvalue weighted by Gasteiger charge is 2.30. The molecule has 8 nitrogen and oxygen atoms in total. The van der Waals surface area contributed by atoms with Crippen LogP contribution in [0.2, 0.25) is 0 Å². The van der Waals surface area contributed by atoms with Crippen molar-refractivity contribution in [2.24, 2.45) is 12.2 Å². The van der Waals surface area contributed by atoms with Gasteiger partial charge in [-0.1, -0.05) is 18.0 Å². The van der Waals surface area contributed by atoms with Crippen molar-refractivity contribution in [2.45, 2.75) is 31.9 Å². The van der Waals surface area contributed by atoms with Crippen LogP contribution in [-0.2, 0) is 13.2 Å². The molecule has 0 spiro atoms. The molecular formula is C24H24F3N7O. The van der Waals surface area contributed by atoms with Crippen molar-refractivity contribution in [1.29, 1.82) is 0 Å².